The monoisotopic (exact) mass is 156 g/mol. The van der Waals surface area contributed by atoms with Crippen LogP contribution < -0.4 is 10.6 Å². The van der Waals surface area contributed by atoms with Gasteiger partial charge in [0.05, 0.1) is 0 Å². The Bertz CT molecular complexity index is 197. The molecule has 11 heavy (non-hydrogen) atoms. The molecular formula is C7H12N2O2. The summed E-state index contributed by atoms with van der Waals surface area (Å²) < 4.78 is 0. The summed E-state index contributed by atoms with van der Waals surface area (Å²) in [6.45, 7) is 4.50. The highest BCUT2D eigenvalue weighted by Gasteiger charge is 1.91. The van der Waals surface area contributed by atoms with Crippen LogP contribution in [0.2, 0.25) is 0 Å². The van der Waals surface area contributed by atoms with E-state index in [0.717, 1.165) is 0 Å². The summed E-state index contributed by atoms with van der Waals surface area (Å²) in [6, 6.07) is 0. The minimum Gasteiger partial charge on any atom is -0.331 e. The summed E-state index contributed by atoms with van der Waals surface area (Å²) in [5.41, 5.74) is 0.618. The molecule has 0 atom stereocenters. The Morgan fingerprint density at radius 3 is 2.00 bits per heavy atom. The van der Waals surface area contributed by atoms with E-state index in [1.54, 1.807) is 6.92 Å². The molecule has 0 aromatic rings. The number of nitrogens with one attached hydrogen (secondary N) is 2. The molecule has 0 rings (SSSR count). The Kier molecular flexibility index (Phi) is 3.95. The number of allylic oxidation sites excluding steroid dienone is 1. The van der Waals surface area contributed by atoms with Crippen molar-refractivity contribution in [3.63, 3.8) is 0 Å². The van der Waals surface area contributed by atoms with Crippen LogP contribution in [0.1, 0.15) is 20.8 Å². The van der Waals surface area contributed by atoms with Crippen molar-refractivity contribution < 1.29 is 9.59 Å². The maximum absolute atomic E-state index is 10.4. The van der Waals surface area contributed by atoms with E-state index in [4.69, 9.17) is 0 Å². The molecule has 0 aromatic carbocycles. The van der Waals surface area contributed by atoms with Gasteiger partial charge >= 0.3 is 0 Å². The van der Waals surface area contributed by atoms with Gasteiger partial charge in [-0.2, -0.15) is 0 Å². The first-order valence-corrected chi connectivity index (χ1v) is 3.24. The van der Waals surface area contributed by atoms with E-state index in [1.165, 1.54) is 20.0 Å². The molecule has 2 N–H and O–H groups in total. The Hall–Kier alpha value is -1.32. The van der Waals surface area contributed by atoms with Crippen LogP contribution in [0.15, 0.2) is 11.9 Å². The van der Waals surface area contributed by atoms with Gasteiger partial charge in [-0.15, -0.1) is 0 Å². The van der Waals surface area contributed by atoms with Gasteiger partial charge in [-0.1, -0.05) is 0 Å². The molecule has 2 amide bonds. The Balaban J connectivity index is 3.81. The second kappa shape index (κ2) is 4.49. The topological polar surface area (TPSA) is 58.2 Å². The maximum Gasteiger partial charge on any atom is 0.221 e. The highest BCUT2D eigenvalue weighted by Crippen LogP contribution is 1.81. The number of hydrogen-bond donors (Lipinski definition) is 2. The van der Waals surface area contributed by atoms with Gasteiger partial charge in [0.2, 0.25) is 11.8 Å². The van der Waals surface area contributed by atoms with Crippen LogP contribution in [0.5, 0.6) is 0 Å². The third kappa shape index (κ3) is 6.57. The van der Waals surface area contributed by atoms with Gasteiger partial charge in [0.1, 0.15) is 0 Å². The molecule has 0 radical (unpaired) electrons. The van der Waals surface area contributed by atoms with Gasteiger partial charge in [-0.25, -0.2) is 0 Å². The molecule has 0 aliphatic rings. The highest BCUT2D eigenvalue weighted by molar-refractivity contribution is 5.76. The van der Waals surface area contributed by atoms with Gasteiger partial charge < -0.3 is 10.6 Å². The van der Waals surface area contributed by atoms with Gasteiger partial charge in [-0.3, -0.25) is 9.59 Å². The van der Waals surface area contributed by atoms with Crippen molar-refractivity contribution in [1.82, 2.24) is 10.6 Å². The highest BCUT2D eigenvalue weighted by atomic mass is 16.2. The van der Waals surface area contributed by atoms with Gasteiger partial charge in [0.25, 0.3) is 0 Å². The van der Waals surface area contributed by atoms with E-state index in [9.17, 15) is 9.59 Å². The zero-order chi connectivity index (χ0) is 8.85. The molecule has 4 nitrogen and oxygen atoms in total. The quantitative estimate of drug-likeness (QED) is 0.596. The van der Waals surface area contributed by atoms with Gasteiger partial charge in [0.15, 0.2) is 0 Å². The first-order chi connectivity index (χ1) is 5.02. The largest absolute Gasteiger partial charge is 0.331 e. The van der Waals surface area contributed by atoms with Crippen molar-refractivity contribution in [3.8, 4) is 0 Å². The van der Waals surface area contributed by atoms with Crippen molar-refractivity contribution in [2.45, 2.75) is 20.8 Å². The Morgan fingerprint density at radius 1 is 1.09 bits per heavy atom. The van der Waals surface area contributed by atoms with Crippen LogP contribution in [-0.2, 0) is 9.59 Å². The fourth-order valence-corrected chi connectivity index (χ4v) is 0.524. The summed E-state index contributed by atoms with van der Waals surface area (Å²) >= 11 is 0. The normalized spacial score (nSPS) is 10.6. The van der Waals surface area contributed by atoms with Crippen molar-refractivity contribution in [2.75, 3.05) is 0 Å². The summed E-state index contributed by atoms with van der Waals surface area (Å²) in [7, 11) is 0. The van der Waals surface area contributed by atoms with Crippen LogP contribution in [0.25, 0.3) is 0 Å². The lowest BCUT2D eigenvalue weighted by atomic mass is 10.5. The van der Waals surface area contributed by atoms with Crippen LogP contribution >= 0.6 is 0 Å². The fraction of sp³-hybridized carbons (Fsp3) is 0.429. The predicted molar refractivity (Wildman–Crippen MR) is 41.4 cm³/mol. The second-order valence-electron chi connectivity index (χ2n) is 2.21. The number of rotatable bonds is 2. The average Bonchev–Trinajstić information content (AvgIpc) is 1.82. The van der Waals surface area contributed by atoms with Crippen molar-refractivity contribution in [2.24, 2.45) is 0 Å². The van der Waals surface area contributed by atoms with E-state index in [2.05, 4.69) is 10.6 Å². The molecule has 4 heteroatoms. The summed E-state index contributed by atoms with van der Waals surface area (Å²) in [6.07, 6.45) is 1.45. The van der Waals surface area contributed by atoms with Crippen LogP contribution in [0, 0.1) is 0 Å². The van der Waals surface area contributed by atoms with E-state index < -0.39 is 0 Å². The molecule has 62 valence electrons. The van der Waals surface area contributed by atoms with Crippen molar-refractivity contribution >= 4 is 11.8 Å². The van der Waals surface area contributed by atoms with E-state index in [0.29, 0.717) is 5.70 Å². The van der Waals surface area contributed by atoms with Crippen LogP contribution in [0.4, 0.5) is 0 Å². The summed E-state index contributed by atoms with van der Waals surface area (Å²) in [5.74, 6) is -0.307. The third-order valence-electron chi connectivity index (χ3n) is 0.865. The molecule has 0 spiro atoms. The lowest BCUT2D eigenvalue weighted by Gasteiger charge is -2.00. The van der Waals surface area contributed by atoms with E-state index in [1.807, 2.05) is 0 Å². The van der Waals surface area contributed by atoms with Crippen LogP contribution in [-0.4, -0.2) is 11.8 Å². The summed E-state index contributed by atoms with van der Waals surface area (Å²) in [5, 5.41) is 4.94. The lowest BCUT2D eigenvalue weighted by Crippen LogP contribution is -2.21. The molecule has 0 heterocycles. The van der Waals surface area contributed by atoms with Crippen molar-refractivity contribution in [1.29, 1.82) is 0 Å². The first kappa shape index (κ1) is 9.68. The zero-order valence-electron chi connectivity index (χ0n) is 6.89. The molecule has 0 aromatic heterocycles. The molecule has 0 saturated carbocycles. The standard InChI is InChI=1S/C7H12N2O2/c1-5(9-7(3)11)4-8-6(2)10/h4H,1-3H3,(H,8,10)(H,9,11)/b5-4+. The minimum atomic E-state index is -0.158. The minimum absolute atomic E-state index is 0.149. The summed E-state index contributed by atoms with van der Waals surface area (Å²) in [4.78, 5) is 20.8. The van der Waals surface area contributed by atoms with E-state index in [-0.39, 0.29) is 11.8 Å². The lowest BCUT2D eigenvalue weighted by molar-refractivity contribution is -0.119. The van der Waals surface area contributed by atoms with Crippen molar-refractivity contribution in [3.05, 3.63) is 11.9 Å². The number of carbonyl (C=O) groups excluding carboxylic acids is 2. The number of hydrogen-bond acceptors (Lipinski definition) is 2. The first-order valence-electron chi connectivity index (χ1n) is 3.24. The van der Waals surface area contributed by atoms with E-state index >= 15 is 0 Å². The second-order valence-corrected chi connectivity index (χ2v) is 2.21. The van der Waals surface area contributed by atoms with Gasteiger partial charge in [0, 0.05) is 25.7 Å². The molecule has 0 bridgehead atoms. The zero-order valence-corrected chi connectivity index (χ0v) is 6.89. The third-order valence-corrected chi connectivity index (χ3v) is 0.865. The SMILES string of the molecule is CC(=O)N/C=C(\C)NC(C)=O. The number of carbonyl (C=O) groups is 2. The Labute approximate surface area is 65.7 Å². The molecule has 0 unspecified atom stereocenters. The smallest absolute Gasteiger partial charge is 0.221 e. The van der Waals surface area contributed by atoms with Crippen LogP contribution in [0.3, 0.4) is 0 Å². The fourth-order valence-electron chi connectivity index (χ4n) is 0.524. The molecule has 0 aliphatic carbocycles. The molecule has 0 saturated heterocycles. The predicted octanol–water partition coefficient (Wildman–Crippen LogP) is 0.120. The molecule has 0 fully saturated rings. The number of amides is 2. The molecular weight excluding hydrogens is 144 g/mol. The maximum atomic E-state index is 10.4. The van der Waals surface area contributed by atoms with Gasteiger partial charge in [-0.05, 0) is 6.92 Å². The average molecular weight is 156 g/mol. The molecule has 0 aliphatic heterocycles. The Morgan fingerprint density at radius 2 is 1.64 bits per heavy atom.